The van der Waals surface area contributed by atoms with Gasteiger partial charge in [-0.05, 0) is 42.3 Å². The van der Waals surface area contributed by atoms with E-state index in [4.69, 9.17) is 0 Å². The van der Waals surface area contributed by atoms with E-state index >= 15 is 0 Å². The van der Waals surface area contributed by atoms with Crippen molar-refractivity contribution in [2.75, 3.05) is 0 Å². The standard InChI is InChI=1S/C25H19N/c1-18-14-16-19(17-15-18)21-11-7-13-24-25(21)22-10-5-6-12-23(22)26(24)20-8-3-2-4-9-20/h2-17H,1H3. The highest BCUT2D eigenvalue weighted by molar-refractivity contribution is 6.15. The number of nitrogens with zero attached hydrogens (tertiary/aromatic N) is 1. The van der Waals surface area contributed by atoms with Crippen LogP contribution in [0.3, 0.4) is 0 Å². The number of para-hydroxylation sites is 2. The van der Waals surface area contributed by atoms with E-state index in [9.17, 15) is 0 Å². The number of hydrogen-bond acceptors (Lipinski definition) is 0. The first-order valence-corrected chi connectivity index (χ1v) is 8.97. The zero-order valence-corrected chi connectivity index (χ0v) is 14.7. The van der Waals surface area contributed by atoms with E-state index in [0.29, 0.717) is 0 Å². The van der Waals surface area contributed by atoms with E-state index < -0.39 is 0 Å². The summed E-state index contributed by atoms with van der Waals surface area (Å²) in [4.78, 5) is 0. The van der Waals surface area contributed by atoms with E-state index in [2.05, 4.69) is 109 Å². The van der Waals surface area contributed by atoms with Crippen LogP contribution in [0.25, 0.3) is 38.6 Å². The summed E-state index contributed by atoms with van der Waals surface area (Å²) in [5.41, 5.74) is 7.52. The van der Waals surface area contributed by atoms with E-state index in [1.165, 1.54) is 44.2 Å². The monoisotopic (exact) mass is 333 g/mol. The number of rotatable bonds is 2. The molecule has 1 nitrogen and oxygen atoms in total. The number of aryl methyl sites for hydroxylation is 1. The van der Waals surface area contributed by atoms with Crippen LogP contribution in [0.4, 0.5) is 0 Å². The lowest BCUT2D eigenvalue weighted by atomic mass is 9.99. The molecule has 1 heteroatoms. The summed E-state index contributed by atoms with van der Waals surface area (Å²) < 4.78 is 2.36. The molecule has 1 aromatic heterocycles. The second-order valence-electron chi connectivity index (χ2n) is 6.75. The first-order valence-electron chi connectivity index (χ1n) is 8.97. The Labute approximate surface area is 153 Å². The molecule has 4 aromatic carbocycles. The maximum absolute atomic E-state index is 2.36. The topological polar surface area (TPSA) is 4.93 Å². The van der Waals surface area contributed by atoms with Crippen molar-refractivity contribution in [3.63, 3.8) is 0 Å². The zero-order valence-electron chi connectivity index (χ0n) is 14.7. The molecule has 0 spiro atoms. The number of hydrogen-bond donors (Lipinski definition) is 0. The molecule has 0 aliphatic carbocycles. The van der Waals surface area contributed by atoms with Crippen molar-refractivity contribution in [2.24, 2.45) is 0 Å². The summed E-state index contributed by atoms with van der Waals surface area (Å²) in [5, 5.41) is 2.61. The second kappa shape index (κ2) is 5.89. The van der Waals surface area contributed by atoms with Gasteiger partial charge in [0.2, 0.25) is 0 Å². The minimum Gasteiger partial charge on any atom is -0.309 e. The van der Waals surface area contributed by atoms with Crippen LogP contribution in [-0.4, -0.2) is 4.57 Å². The molecule has 1 heterocycles. The van der Waals surface area contributed by atoms with Gasteiger partial charge < -0.3 is 4.57 Å². The van der Waals surface area contributed by atoms with Gasteiger partial charge in [0.05, 0.1) is 11.0 Å². The minimum atomic E-state index is 1.19. The van der Waals surface area contributed by atoms with Crippen LogP contribution in [0, 0.1) is 6.92 Å². The van der Waals surface area contributed by atoms with Crippen LogP contribution in [0.15, 0.2) is 97.1 Å². The number of benzene rings is 4. The summed E-state index contributed by atoms with van der Waals surface area (Å²) in [6.45, 7) is 2.13. The van der Waals surface area contributed by atoms with Gasteiger partial charge in [0.25, 0.3) is 0 Å². The van der Waals surface area contributed by atoms with Crippen LogP contribution in [-0.2, 0) is 0 Å². The fourth-order valence-corrected chi connectivity index (χ4v) is 3.85. The predicted molar refractivity (Wildman–Crippen MR) is 111 cm³/mol. The van der Waals surface area contributed by atoms with Gasteiger partial charge >= 0.3 is 0 Å². The van der Waals surface area contributed by atoms with Crippen molar-refractivity contribution in [1.82, 2.24) is 4.57 Å². The van der Waals surface area contributed by atoms with E-state index in [1.54, 1.807) is 0 Å². The second-order valence-corrected chi connectivity index (χ2v) is 6.75. The van der Waals surface area contributed by atoms with Crippen molar-refractivity contribution in [3.8, 4) is 16.8 Å². The Morgan fingerprint density at radius 2 is 1.27 bits per heavy atom. The van der Waals surface area contributed by atoms with Gasteiger partial charge in [-0.1, -0.05) is 78.4 Å². The van der Waals surface area contributed by atoms with Gasteiger partial charge in [0.15, 0.2) is 0 Å². The van der Waals surface area contributed by atoms with Crippen molar-refractivity contribution in [1.29, 1.82) is 0 Å². The Bertz CT molecular complexity index is 1210. The van der Waals surface area contributed by atoms with Gasteiger partial charge in [-0.15, -0.1) is 0 Å². The SMILES string of the molecule is Cc1ccc(-c2cccc3c2c2ccccc2n3-c2ccccc2)cc1. The smallest absolute Gasteiger partial charge is 0.0547 e. The Morgan fingerprint density at radius 3 is 2.08 bits per heavy atom. The largest absolute Gasteiger partial charge is 0.309 e. The quantitative estimate of drug-likeness (QED) is 0.336. The van der Waals surface area contributed by atoms with Crippen LogP contribution in [0.1, 0.15) is 5.56 Å². The van der Waals surface area contributed by atoms with Crippen LogP contribution < -0.4 is 0 Å². The molecule has 5 aromatic rings. The summed E-state index contributed by atoms with van der Waals surface area (Å²) in [7, 11) is 0. The highest BCUT2D eigenvalue weighted by Crippen LogP contribution is 2.38. The highest BCUT2D eigenvalue weighted by Gasteiger charge is 2.15. The molecule has 0 unspecified atom stereocenters. The first kappa shape index (κ1) is 15.0. The predicted octanol–water partition coefficient (Wildman–Crippen LogP) is 6.76. The molecular weight excluding hydrogens is 314 g/mol. The van der Waals surface area contributed by atoms with Gasteiger partial charge in [-0.2, -0.15) is 0 Å². The van der Waals surface area contributed by atoms with E-state index in [0.717, 1.165) is 0 Å². The van der Waals surface area contributed by atoms with Gasteiger partial charge in [-0.25, -0.2) is 0 Å². The fourth-order valence-electron chi connectivity index (χ4n) is 3.85. The average molecular weight is 333 g/mol. The maximum atomic E-state index is 2.36. The molecule has 0 N–H and O–H groups in total. The average Bonchev–Trinajstić information content (AvgIpc) is 3.04. The maximum Gasteiger partial charge on any atom is 0.0547 e. The van der Waals surface area contributed by atoms with E-state index in [1.807, 2.05) is 0 Å². The molecular formula is C25H19N. The van der Waals surface area contributed by atoms with Gasteiger partial charge in [0.1, 0.15) is 0 Å². The molecule has 0 bridgehead atoms. The summed E-state index contributed by atoms with van der Waals surface area (Å²) >= 11 is 0. The molecule has 0 radical (unpaired) electrons. The Kier molecular flexibility index (Phi) is 3.39. The van der Waals surface area contributed by atoms with Gasteiger partial charge in [0, 0.05) is 16.5 Å². The van der Waals surface area contributed by atoms with Crippen molar-refractivity contribution < 1.29 is 0 Å². The van der Waals surface area contributed by atoms with Crippen LogP contribution in [0.2, 0.25) is 0 Å². The molecule has 124 valence electrons. The Morgan fingerprint density at radius 1 is 0.577 bits per heavy atom. The minimum absolute atomic E-state index is 1.19. The molecule has 0 aliphatic rings. The summed E-state index contributed by atoms with van der Waals surface area (Å²) in [6.07, 6.45) is 0. The molecule has 0 fully saturated rings. The molecule has 26 heavy (non-hydrogen) atoms. The van der Waals surface area contributed by atoms with Crippen LogP contribution >= 0.6 is 0 Å². The van der Waals surface area contributed by atoms with E-state index in [-0.39, 0.29) is 0 Å². The van der Waals surface area contributed by atoms with Crippen molar-refractivity contribution >= 4 is 21.8 Å². The zero-order chi connectivity index (χ0) is 17.5. The van der Waals surface area contributed by atoms with Crippen molar-refractivity contribution in [3.05, 3.63) is 103 Å². The Hall–Kier alpha value is -3.32. The third-order valence-electron chi connectivity index (χ3n) is 5.07. The third kappa shape index (κ3) is 2.25. The lowest BCUT2D eigenvalue weighted by molar-refractivity contribution is 1.18. The molecule has 0 amide bonds. The number of fused-ring (bicyclic) bond motifs is 3. The normalized spacial score (nSPS) is 11.3. The van der Waals surface area contributed by atoms with Crippen LogP contribution in [0.5, 0.6) is 0 Å². The van der Waals surface area contributed by atoms with Gasteiger partial charge in [-0.3, -0.25) is 0 Å². The molecule has 0 atom stereocenters. The molecule has 5 rings (SSSR count). The first-order chi connectivity index (χ1) is 12.8. The van der Waals surface area contributed by atoms with Crippen molar-refractivity contribution in [2.45, 2.75) is 6.92 Å². The molecule has 0 saturated heterocycles. The lowest BCUT2D eigenvalue weighted by Crippen LogP contribution is -1.92. The lowest BCUT2D eigenvalue weighted by Gasteiger charge is -2.08. The third-order valence-corrected chi connectivity index (χ3v) is 5.07. The highest BCUT2D eigenvalue weighted by atomic mass is 15.0. The summed E-state index contributed by atoms with van der Waals surface area (Å²) in [6, 6.07) is 34.7. The fraction of sp³-hybridized carbons (Fsp3) is 0.0400. The Balaban J connectivity index is 1.92. The molecule has 0 saturated carbocycles. The summed E-state index contributed by atoms with van der Waals surface area (Å²) in [5.74, 6) is 0. The number of aromatic nitrogens is 1. The molecule has 0 aliphatic heterocycles.